The zero-order chi connectivity index (χ0) is 19.4. The molecule has 1 N–H and O–H groups in total. The van der Waals surface area contributed by atoms with E-state index in [2.05, 4.69) is 41.5 Å². The fourth-order valence-electron chi connectivity index (χ4n) is 2.73. The number of amides is 1. The molecular weight excluding hydrogens is 380 g/mol. The number of halogens is 1. The van der Waals surface area contributed by atoms with Gasteiger partial charge in [-0.05, 0) is 44.0 Å². The number of hydrogen-bond acceptors (Lipinski definition) is 4. The van der Waals surface area contributed by atoms with E-state index in [-0.39, 0.29) is 11.2 Å². The molecule has 1 unspecified atom stereocenters. The first-order chi connectivity index (χ1) is 13.0. The lowest BCUT2D eigenvalue weighted by Crippen LogP contribution is -2.30. The Bertz CT molecular complexity index is 957. The summed E-state index contributed by atoms with van der Waals surface area (Å²) < 4.78 is 1.91. The highest BCUT2D eigenvalue weighted by Crippen LogP contribution is 2.26. The van der Waals surface area contributed by atoms with Crippen molar-refractivity contribution in [2.45, 2.75) is 37.7 Å². The molecule has 0 fully saturated rings. The SMILES string of the molecule is Cc1ccc(-n2cnnc2SC(C)C(=O)NCc2ccccc2Cl)c(C)c1. The Morgan fingerprint density at radius 3 is 2.78 bits per heavy atom. The number of carbonyl (C=O) groups excluding carboxylic acids is 1. The molecule has 0 radical (unpaired) electrons. The molecule has 0 aliphatic heterocycles. The van der Waals surface area contributed by atoms with Gasteiger partial charge < -0.3 is 5.32 Å². The molecule has 7 heteroatoms. The summed E-state index contributed by atoms with van der Waals surface area (Å²) in [4.78, 5) is 12.5. The summed E-state index contributed by atoms with van der Waals surface area (Å²) in [6, 6.07) is 13.7. The summed E-state index contributed by atoms with van der Waals surface area (Å²) in [6.45, 7) is 6.36. The number of rotatable bonds is 6. The van der Waals surface area contributed by atoms with E-state index in [1.165, 1.54) is 17.3 Å². The predicted molar refractivity (Wildman–Crippen MR) is 109 cm³/mol. The van der Waals surface area contributed by atoms with E-state index in [4.69, 9.17) is 11.6 Å². The number of aryl methyl sites for hydroxylation is 2. The van der Waals surface area contributed by atoms with Crippen LogP contribution in [0.1, 0.15) is 23.6 Å². The predicted octanol–water partition coefficient (Wildman–Crippen LogP) is 4.33. The number of aromatic nitrogens is 3. The van der Waals surface area contributed by atoms with Crippen molar-refractivity contribution >= 4 is 29.3 Å². The Morgan fingerprint density at radius 1 is 1.26 bits per heavy atom. The molecule has 0 aliphatic rings. The highest BCUT2D eigenvalue weighted by atomic mass is 35.5. The Labute approximate surface area is 168 Å². The van der Waals surface area contributed by atoms with Crippen LogP contribution in [0.15, 0.2) is 53.9 Å². The lowest BCUT2D eigenvalue weighted by atomic mass is 10.1. The quantitative estimate of drug-likeness (QED) is 0.625. The summed E-state index contributed by atoms with van der Waals surface area (Å²) >= 11 is 7.52. The lowest BCUT2D eigenvalue weighted by molar-refractivity contribution is -0.120. The molecule has 0 saturated carbocycles. The van der Waals surface area contributed by atoms with Crippen LogP contribution in [0, 0.1) is 13.8 Å². The van der Waals surface area contributed by atoms with E-state index in [1.54, 1.807) is 6.33 Å². The van der Waals surface area contributed by atoms with Gasteiger partial charge in [0.1, 0.15) is 6.33 Å². The smallest absolute Gasteiger partial charge is 0.233 e. The van der Waals surface area contributed by atoms with Crippen LogP contribution in [-0.4, -0.2) is 25.9 Å². The van der Waals surface area contributed by atoms with E-state index in [9.17, 15) is 4.79 Å². The van der Waals surface area contributed by atoms with Gasteiger partial charge in [-0.25, -0.2) is 0 Å². The van der Waals surface area contributed by atoms with Gasteiger partial charge in [0.25, 0.3) is 0 Å². The van der Waals surface area contributed by atoms with E-state index in [0.717, 1.165) is 16.8 Å². The topological polar surface area (TPSA) is 59.8 Å². The van der Waals surface area contributed by atoms with Crippen molar-refractivity contribution in [1.29, 1.82) is 0 Å². The monoisotopic (exact) mass is 400 g/mol. The molecule has 5 nitrogen and oxygen atoms in total. The maximum Gasteiger partial charge on any atom is 0.233 e. The molecule has 140 valence electrons. The normalized spacial score (nSPS) is 12.0. The van der Waals surface area contributed by atoms with Crippen molar-refractivity contribution in [3.63, 3.8) is 0 Å². The third-order valence-corrected chi connectivity index (χ3v) is 5.62. The number of carbonyl (C=O) groups is 1. The largest absolute Gasteiger partial charge is 0.351 e. The van der Waals surface area contributed by atoms with Gasteiger partial charge in [-0.15, -0.1) is 10.2 Å². The molecule has 3 rings (SSSR count). The van der Waals surface area contributed by atoms with Crippen LogP contribution in [0.4, 0.5) is 0 Å². The van der Waals surface area contributed by atoms with Crippen molar-refractivity contribution in [1.82, 2.24) is 20.1 Å². The fourth-order valence-corrected chi connectivity index (χ4v) is 3.79. The van der Waals surface area contributed by atoms with Gasteiger partial charge >= 0.3 is 0 Å². The summed E-state index contributed by atoms with van der Waals surface area (Å²) in [7, 11) is 0. The molecule has 0 bridgehead atoms. The Hall–Kier alpha value is -2.31. The minimum atomic E-state index is -0.318. The molecule has 1 amide bonds. The molecule has 3 aromatic rings. The van der Waals surface area contributed by atoms with Crippen LogP contribution in [0.3, 0.4) is 0 Å². The maximum atomic E-state index is 12.5. The molecule has 0 aliphatic carbocycles. The van der Waals surface area contributed by atoms with Crippen molar-refractivity contribution in [2.24, 2.45) is 0 Å². The fraction of sp³-hybridized carbons (Fsp3) is 0.250. The second-order valence-corrected chi connectivity index (χ2v) is 8.06. The highest BCUT2D eigenvalue weighted by Gasteiger charge is 2.19. The van der Waals surface area contributed by atoms with Crippen molar-refractivity contribution in [2.75, 3.05) is 0 Å². The standard InChI is InChI=1S/C20H21ClN4OS/c1-13-8-9-18(14(2)10-13)25-12-23-24-20(25)27-15(3)19(26)22-11-16-6-4-5-7-17(16)21/h4-10,12,15H,11H2,1-3H3,(H,22,26). The molecular formula is C20H21ClN4OS. The van der Waals surface area contributed by atoms with Crippen LogP contribution in [0.2, 0.25) is 5.02 Å². The van der Waals surface area contributed by atoms with Gasteiger partial charge in [0.05, 0.1) is 10.9 Å². The molecule has 0 spiro atoms. The first-order valence-electron chi connectivity index (χ1n) is 8.61. The van der Waals surface area contributed by atoms with Gasteiger partial charge in [-0.2, -0.15) is 0 Å². The zero-order valence-corrected chi connectivity index (χ0v) is 17.0. The first kappa shape index (κ1) is 19.5. The number of benzene rings is 2. The van der Waals surface area contributed by atoms with Gasteiger partial charge in [0.15, 0.2) is 5.16 Å². The third kappa shape index (κ3) is 4.70. The minimum absolute atomic E-state index is 0.0740. The lowest BCUT2D eigenvalue weighted by Gasteiger charge is -2.14. The third-order valence-electron chi connectivity index (χ3n) is 4.19. The molecule has 27 heavy (non-hydrogen) atoms. The Kier molecular flexibility index (Phi) is 6.19. The highest BCUT2D eigenvalue weighted by molar-refractivity contribution is 8.00. The van der Waals surface area contributed by atoms with E-state index in [1.807, 2.05) is 41.8 Å². The molecule has 2 aromatic carbocycles. The van der Waals surface area contributed by atoms with Crippen LogP contribution < -0.4 is 5.32 Å². The average molecular weight is 401 g/mol. The Morgan fingerprint density at radius 2 is 2.04 bits per heavy atom. The number of nitrogens with one attached hydrogen (secondary N) is 1. The minimum Gasteiger partial charge on any atom is -0.351 e. The van der Waals surface area contributed by atoms with Crippen molar-refractivity contribution in [3.05, 3.63) is 70.5 Å². The van der Waals surface area contributed by atoms with Crippen LogP contribution in [0.5, 0.6) is 0 Å². The first-order valence-corrected chi connectivity index (χ1v) is 9.87. The molecule has 0 saturated heterocycles. The second kappa shape index (κ2) is 8.59. The summed E-state index contributed by atoms with van der Waals surface area (Å²) in [5, 5.41) is 12.1. The summed E-state index contributed by atoms with van der Waals surface area (Å²) in [6.07, 6.45) is 1.67. The number of hydrogen-bond donors (Lipinski definition) is 1. The summed E-state index contributed by atoms with van der Waals surface area (Å²) in [5.41, 5.74) is 4.23. The maximum absolute atomic E-state index is 12.5. The second-order valence-electron chi connectivity index (χ2n) is 6.34. The molecule has 1 aromatic heterocycles. The van der Waals surface area contributed by atoms with Gasteiger partial charge in [-0.1, -0.05) is 59.3 Å². The van der Waals surface area contributed by atoms with Gasteiger partial charge in [0.2, 0.25) is 5.91 Å². The number of thioether (sulfide) groups is 1. The average Bonchev–Trinajstić information content (AvgIpc) is 3.08. The molecule has 1 heterocycles. The van der Waals surface area contributed by atoms with Crippen molar-refractivity contribution in [3.8, 4) is 5.69 Å². The zero-order valence-electron chi connectivity index (χ0n) is 15.4. The van der Waals surface area contributed by atoms with Crippen LogP contribution >= 0.6 is 23.4 Å². The van der Waals surface area contributed by atoms with Crippen LogP contribution in [0.25, 0.3) is 5.69 Å². The van der Waals surface area contributed by atoms with Gasteiger partial charge in [-0.3, -0.25) is 9.36 Å². The number of nitrogens with zero attached hydrogens (tertiary/aromatic N) is 3. The van der Waals surface area contributed by atoms with E-state index >= 15 is 0 Å². The summed E-state index contributed by atoms with van der Waals surface area (Å²) in [5.74, 6) is -0.0740. The van der Waals surface area contributed by atoms with E-state index < -0.39 is 0 Å². The molecule has 1 atom stereocenters. The van der Waals surface area contributed by atoms with E-state index in [0.29, 0.717) is 16.7 Å². The van der Waals surface area contributed by atoms with Gasteiger partial charge in [0, 0.05) is 11.6 Å². The van der Waals surface area contributed by atoms with Crippen molar-refractivity contribution < 1.29 is 4.79 Å². The van der Waals surface area contributed by atoms with Crippen LogP contribution in [-0.2, 0) is 11.3 Å². The Balaban J connectivity index is 1.68.